The molecule has 1 aromatic carbocycles. The molecule has 0 aliphatic carbocycles. The number of nitrogens with one attached hydrogen (secondary N) is 1. The Labute approximate surface area is 119 Å². The maximum absolute atomic E-state index is 6.04. The van der Waals surface area contributed by atoms with Crippen LogP contribution in [0.4, 0.5) is 5.82 Å². The number of ether oxygens (including phenoxy) is 1. The summed E-state index contributed by atoms with van der Waals surface area (Å²) in [5.74, 6) is 1.49. The van der Waals surface area contributed by atoms with E-state index in [9.17, 15) is 0 Å². The first-order valence-corrected chi connectivity index (χ1v) is 6.56. The number of benzene rings is 1. The van der Waals surface area contributed by atoms with Crippen LogP contribution in [-0.2, 0) is 6.61 Å². The highest BCUT2D eigenvalue weighted by Gasteiger charge is 2.03. The summed E-state index contributed by atoms with van der Waals surface area (Å²) in [6.45, 7) is 0.438. The topological polar surface area (TPSA) is 34.1 Å². The van der Waals surface area contributed by atoms with Crippen molar-refractivity contribution in [3.63, 3.8) is 0 Å². The van der Waals surface area contributed by atoms with Gasteiger partial charge in [-0.1, -0.05) is 33.6 Å². The molecule has 2 aromatic rings. The molecule has 0 fully saturated rings. The van der Waals surface area contributed by atoms with Gasteiger partial charge in [0.2, 0.25) is 0 Å². The van der Waals surface area contributed by atoms with Gasteiger partial charge in [0.25, 0.3) is 0 Å². The van der Waals surface area contributed by atoms with Gasteiger partial charge in [-0.15, -0.1) is 0 Å². The lowest BCUT2D eigenvalue weighted by molar-refractivity contribution is 0.306. The van der Waals surface area contributed by atoms with Gasteiger partial charge in [-0.2, -0.15) is 0 Å². The van der Waals surface area contributed by atoms with Crippen molar-refractivity contribution in [1.82, 2.24) is 4.98 Å². The third-order valence-electron chi connectivity index (χ3n) is 2.37. The molecule has 18 heavy (non-hydrogen) atoms. The van der Waals surface area contributed by atoms with Crippen molar-refractivity contribution in [3.8, 4) is 5.75 Å². The third kappa shape index (κ3) is 3.37. The molecule has 0 saturated heterocycles. The molecule has 94 valence electrons. The van der Waals surface area contributed by atoms with Crippen LogP contribution < -0.4 is 10.1 Å². The second-order valence-corrected chi connectivity index (χ2v) is 4.99. The predicted octanol–water partition coefficient (Wildman–Crippen LogP) is 4.12. The van der Waals surface area contributed by atoms with Crippen LogP contribution in [-0.4, -0.2) is 12.0 Å². The van der Waals surface area contributed by atoms with Crippen LogP contribution in [0.15, 0.2) is 41.0 Å². The smallest absolute Gasteiger partial charge is 0.139 e. The van der Waals surface area contributed by atoms with Crippen molar-refractivity contribution >= 4 is 33.3 Å². The first kappa shape index (κ1) is 13.2. The van der Waals surface area contributed by atoms with Crippen molar-refractivity contribution in [2.45, 2.75) is 6.61 Å². The summed E-state index contributed by atoms with van der Waals surface area (Å²) in [5.41, 5.74) is 0.991. The van der Waals surface area contributed by atoms with E-state index >= 15 is 0 Å². The molecule has 0 spiro atoms. The van der Waals surface area contributed by atoms with Crippen molar-refractivity contribution in [2.75, 3.05) is 12.4 Å². The zero-order chi connectivity index (χ0) is 13.0. The van der Waals surface area contributed by atoms with Crippen LogP contribution >= 0.6 is 27.5 Å². The van der Waals surface area contributed by atoms with Gasteiger partial charge >= 0.3 is 0 Å². The molecule has 0 unspecified atom stereocenters. The molecule has 0 aliphatic rings. The van der Waals surface area contributed by atoms with Crippen LogP contribution in [0.5, 0.6) is 5.75 Å². The highest BCUT2D eigenvalue weighted by Crippen LogP contribution is 2.28. The molecule has 3 nitrogen and oxygen atoms in total. The lowest BCUT2D eigenvalue weighted by Gasteiger charge is -2.08. The van der Waals surface area contributed by atoms with Gasteiger partial charge in [-0.25, -0.2) is 4.98 Å². The molecule has 2 rings (SSSR count). The minimum Gasteiger partial charge on any atom is -0.487 e. The fourth-order valence-electron chi connectivity index (χ4n) is 1.41. The fourth-order valence-corrected chi connectivity index (χ4v) is 1.92. The first-order valence-electron chi connectivity index (χ1n) is 5.39. The molecule has 0 atom stereocenters. The highest BCUT2D eigenvalue weighted by atomic mass is 79.9. The average Bonchev–Trinajstić information content (AvgIpc) is 2.40. The highest BCUT2D eigenvalue weighted by molar-refractivity contribution is 9.10. The summed E-state index contributed by atoms with van der Waals surface area (Å²) < 4.78 is 6.59. The van der Waals surface area contributed by atoms with E-state index in [2.05, 4.69) is 26.2 Å². The van der Waals surface area contributed by atoms with Gasteiger partial charge < -0.3 is 10.1 Å². The van der Waals surface area contributed by atoms with Crippen LogP contribution in [0.1, 0.15) is 5.56 Å². The van der Waals surface area contributed by atoms with Gasteiger partial charge in [-0.05, 0) is 24.3 Å². The number of hydrogen-bond donors (Lipinski definition) is 1. The van der Waals surface area contributed by atoms with E-state index in [-0.39, 0.29) is 0 Å². The van der Waals surface area contributed by atoms with Crippen molar-refractivity contribution in [1.29, 1.82) is 0 Å². The Morgan fingerprint density at radius 1 is 1.33 bits per heavy atom. The van der Waals surface area contributed by atoms with E-state index < -0.39 is 0 Å². The van der Waals surface area contributed by atoms with Gasteiger partial charge in [0.05, 0.1) is 5.02 Å². The quantitative estimate of drug-likeness (QED) is 0.917. The molecular formula is C13H12BrClN2O. The number of halogens is 2. The summed E-state index contributed by atoms with van der Waals surface area (Å²) in [6.07, 6.45) is 1.78. The van der Waals surface area contributed by atoms with Crippen molar-refractivity contribution < 1.29 is 4.74 Å². The summed E-state index contributed by atoms with van der Waals surface area (Å²) in [6, 6.07) is 9.38. The minimum absolute atomic E-state index is 0.438. The zero-order valence-electron chi connectivity index (χ0n) is 9.78. The number of rotatable bonds is 4. The van der Waals surface area contributed by atoms with Gasteiger partial charge in [-0.3, -0.25) is 0 Å². The third-order valence-corrected chi connectivity index (χ3v) is 3.17. The van der Waals surface area contributed by atoms with Crippen molar-refractivity contribution in [2.24, 2.45) is 0 Å². The van der Waals surface area contributed by atoms with Gasteiger partial charge in [0.1, 0.15) is 18.2 Å². The molecule has 0 radical (unpaired) electrons. The van der Waals surface area contributed by atoms with E-state index in [1.807, 2.05) is 31.3 Å². The Morgan fingerprint density at radius 2 is 2.17 bits per heavy atom. The van der Waals surface area contributed by atoms with E-state index in [0.29, 0.717) is 17.4 Å². The summed E-state index contributed by atoms with van der Waals surface area (Å²) in [4.78, 5) is 4.22. The Balaban J connectivity index is 2.04. The van der Waals surface area contributed by atoms with Crippen molar-refractivity contribution in [3.05, 3.63) is 51.6 Å². The Morgan fingerprint density at radius 3 is 2.83 bits per heavy atom. The largest absolute Gasteiger partial charge is 0.487 e. The first-order chi connectivity index (χ1) is 8.69. The number of hydrogen-bond acceptors (Lipinski definition) is 3. The van der Waals surface area contributed by atoms with Crippen LogP contribution in [0.3, 0.4) is 0 Å². The number of aromatic nitrogens is 1. The molecular weight excluding hydrogens is 316 g/mol. The molecule has 1 heterocycles. The van der Waals surface area contributed by atoms with Gasteiger partial charge in [0.15, 0.2) is 0 Å². The molecule has 1 aromatic heterocycles. The minimum atomic E-state index is 0.438. The van der Waals surface area contributed by atoms with Crippen LogP contribution in [0.2, 0.25) is 5.02 Å². The molecule has 0 amide bonds. The summed E-state index contributed by atoms with van der Waals surface area (Å²) in [7, 11) is 1.83. The van der Waals surface area contributed by atoms with E-state index in [0.717, 1.165) is 15.9 Å². The Kier molecular flexibility index (Phi) is 4.44. The second-order valence-electron chi connectivity index (χ2n) is 3.67. The normalized spacial score (nSPS) is 10.2. The number of anilines is 1. The van der Waals surface area contributed by atoms with E-state index in [1.54, 1.807) is 12.3 Å². The average molecular weight is 328 g/mol. The molecule has 0 saturated carbocycles. The lowest BCUT2D eigenvalue weighted by atomic mass is 10.3. The predicted molar refractivity (Wildman–Crippen MR) is 77.3 cm³/mol. The molecule has 0 aliphatic heterocycles. The standard InChI is InChI=1S/C13H12BrClN2O/c1-16-13-5-2-9(7-17-13)8-18-12-6-10(14)3-4-11(12)15/h2-7H,8H2,1H3,(H,16,17). The lowest BCUT2D eigenvalue weighted by Crippen LogP contribution is -1.98. The Bertz CT molecular complexity index is 531. The second kappa shape index (κ2) is 6.07. The van der Waals surface area contributed by atoms with Crippen LogP contribution in [0.25, 0.3) is 0 Å². The maximum atomic E-state index is 6.04. The number of nitrogens with zero attached hydrogens (tertiary/aromatic N) is 1. The summed E-state index contributed by atoms with van der Waals surface area (Å²) >= 11 is 9.42. The monoisotopic (exact) mass is 326 g/mol. The SMILES string of the molecule is CNc1ccc(COc2cc(Br)ccc2Cl)cn1. The van der Waals surface area contributed by atoms with E-state index in [4.69, 9.17) is 16.3 Å². The fraction of sp³-hybridized carbons (Fsp3) is 0.154. The number of pyridine rings is 1. The zero-order valence-corrected chi connectivity index (χ0v) is 12.1. The molecule has 1 N–H and O–H groups in total. The Hall–Kier alpha value is -1.26. The van der Waals surface area contributed by atoms with Gasteiger partial charge in [0, 0.05) is 23.3 Å². The van der Waals surface area contributed by atoms with Crippen LogP contribution in [0, 0.1) is 0 Å². The van der Waals surface area contributed by atoms with E-state index in [1.165, 1.54) is 0 Å². The summed E-state index contributed by atoms with van der Waals surface area (Å²) in [5, 5.41) is 3.56. The molecule has 0 bridgehead atoms. The maximum Gasteiger partial charge on any atom is 0.139 e. The molecule has 5 heteroatoms.